The third kappa shape index (κ3) is 1.21. The number of hydrogen-bond acceptors (Lipinski definition) is 3. The highest BCUT2D eigenvalue weighted by atomic mass is 35.5. The molecule has 0 saturated carbocycles. The van der Waals surface area contributed by atoms with Crippen LogP contribution < -0.4 is 5.56 Å². The zero-order chi connectivity index (χ0) is 10.3. The van der Waals surface area contributed by atoms with Crippen molar-refractivity contribution in [2.24, 2.45) is 7.05 Å². The lowest BCUT2D eigenvalue weighted by atomic mass is 10.3. The second-order valence-corrected chi connectivity index (χ2v) is 3.32. The Bertz CT molecular complexity index is 542. The van der Waals surface area contributed by atoms with Crippen molar-refractivity contribution in [3.05, 3.63) is 21.9 Å². The highest BCUT2D eigenvalue weighted by Crippen LogP contribution is 2.10. The summed E-state index contributed by atoms with van der Waals surface area (Å²) < 4.78 is 1.52. The molecular formula is C8H9ClN4O. The SMILES string of the molecule is Cc1nn(C)c2c(=O)[nH]c(CCl)nc12. The van der Waals surface area contributed by atoms with E-state index in [0.29, 0.717) is 16.9 Å². The molecule has 2 aromatic heterocycles. The largest absolute Gasteiger partial charge is 0.308 e. The van der Waals surface area contributed by atoms with Crippen molar-refractivity contribution < 1.29 is 0 Å². The minimum Gasteiger partial charge on any atom is -0.308 e. The van der Waals surface area contributed by atoms with Crippen LogP contribution in [0.3, 0.4) is 0 Å². The number of nitrogens with zero attached hydrogens (tertiary/aromatic N) is 3. The van der Waals surface area contributed by atoms with Crippen molar-refractivity contribution in [1.82, 2.24) is 19.7 Å². The zero-order valence-electron chi connectivity index (χ0n) is 7.83. The summed E-state index contributed by atoms with van der Waals surface area (Å²) in [6, 6.07) is 0. The van der Waals surface area contributed by atoms with Gasteiger partial charge >= 0.3 is 0 Å². The van der Waals surface area contributed by atoms with Gasteiger partial charge in [0.1, 0.15) is 11.3 Å². The molecule has 0 aliphatic carbocycles. The van der Waals surface area contributed by atoms with Gasteiger partial charge in [0.15, 0.2) is 5.52 Å². The molecule has 6 heteroatoms. The molecule has 0 bridgehead atoms. The van der Waals surface area contributed by atoms with Crippen molar-refractivity contribution in [2.45, 2.75) is 12.8 Å². The average molecular weight is 213 g/mol. The maximum Gasteiger partial charge on any atom is 0.277 e. The first-order chi connectivity index (χ1) is 6.63. The third-order valence-electron chi connectivity index (χ3n) is 2.04. The number of aryl methyl sites for hydroxylation is 2. The van der Waals surface area contributed by atoms with Gasteiger partial charge in [-0.1, -0.05) is 0 Å². The Morgan fingerprint density at radius 1 is 1.57 bits per heavy atom. The van der Waals surface area contributed by atoms with E-state index in [1.54, 1.807) is 7.05 Å². The van der Waals surface area contributed by atoms with E-state index in [1.807, 2.05) is 6.92 Å². The predicted octanol–water partition coefficient (Wildman–Crippen LogP) is 0.704. The van der Waals surface area contributed by atoms with Gasteiger partial charge < -0.3 is 4.98 Å². The van der Waals surface area contributed by atoms with Gasteiger partial charge in [-0.25, -0.2) is 4.98 Å². The number of aromatic amines is 1. The van der Waals surface area contributed by atoms with E-state index < -0.39 is 0 Å². The van der Waals surface area contributed by atoms with Gasteiger partial charge in [0.2, 0.25) is 0 Å². The summed E-state index contributed by atoms with van der Waals surface area (Å²) >= 11 is 5.60. The molecule has 0 unspecified atom stereocenters. The van der Waals surface area contributed by atoms with E-state index in [0.717, 1.165) is 5.69 Å². The Labute approximate surface area is 84.7 Å². The normalized spacial score (nSPS) is 11.1. The summed E-state index contributed by atoms with van der Waals surface area (Å²) in [5.74, 6) is 0.666. The van der Waals surface area contributed by atoms with E-state index in [9.17, 15) is 4.79 Å². The average Bonchev–Trinajstić information content (AvgIpc) is 2.42. The first kappa shape index (κ1) is 9.21. The van der Waals surface area contributed by atoms with Gasteiger partial charge in [0, 0.05) is 7.05 Å². The number of alkyl halides is 1. The molecule has 0 spiro atoms. The number of H-pyrrole nitrogens is 1. The van der Waals surface area contributed by atoms with Crippen LogP contribution in [0.25, 0.3) is 11.0 Å². The van der Waals surface area contributed by atoms with E-state index in [-0.39, 0.29) is 11.4 Å². The molecule has 0 aromatic carbocycles. The Hall–Kier alpha value is -1.36. The summed E-state index contributed by atoms with van der Waals surface area (Å²) in [5.41, 5.74) is 1.64. The molecule has 0 amide bonds. The molecular weight excluding hydrogens is 204 g/mol. The first-order valence-corrected chi connectivity index (χ1v) is 4.65. The van der Waals surface area contributed by atoms with Crippen LogP contribution in [0.1, 0.15) is 11.5 Å². The Kier molecular flexibility index (Phi) is 2.03. The number of aromatic nitrogens is 4. The standard InChI is InChI=1S/C8H9ClN4O/c1-4-6-7(13(2)12-4)8(14)11-5(3-9)10-6/h3H2,1-2H3,(H,10,11,14). The molecule has 5 nitrogen and oxygen atoms in total. The summed E-state index contributed by atoms with van der Waals surface area (Å²) in [6.45, 7) is 1.81. The van der Waals surface area contributed by atoms with Gasteiger partial charge in [-0.3, -0.25) is 9.48 Å². The monoisotopic (exact) mass is 212 g/mol. The fourth-order valence-corrected chi connectivity index (χ4v) is 1.58. The molecule has 0 radical (unpaired) electrons. The minimum absolute atomic E-state index is 0.194. The molecule has 0 fully saturated rings. The van der Waals surface area contributed by atoms with Crippen LogP contribution in [0.15, 0.2) is 4.79 Å². The van der Waals surface area contributed by atoms with E-state index >= 15 is 0 Å². The molecule has 2 rings (SSSR count). The lowest BCUT2D eigenvalue weighted by molar-refractivity contribution is 0.778. The van der Waals surface area contributed by atoms with Crippen molar-refractivity contribution in [2.75, 3.05) is 0 Å². The maximum absolute atomic E-state index is 11.6. The maximum atomic E-state index is 11.6. The number of rotatable bonds is 1. The van der Waals surface area contributed by atoms with Crippen LogP contribution in [0.5, 0.6) is 0 Å². The smallest absolute Gasteiger partial charge is 0.277 e. The van der Waals surface area contributed by atoms with Crippen molar-refractivity contribution in [3.8, 4) is 0 Å². The first-order valence-electron chi connectivity index (χ1n) is 4.12. The van der Waals surface area contributed by atoms with Crippen molar-refractivity contribution >= 4 is 22.6 Å². The van der Waals surface area contributed by atoms with Crippen LogP contribution in [0.2, 0.25) is 0 Å². The van der Waals surface area contributed by atoms with Crippen molar-refractivity contribution in [3.63, 3.8) is 0 Å². The second kappa shape index (κ2) is 3.09. The Morgan fingerprint density at radius 3 is 2.93 bits per heavy atom. The van der Waals surface area contributed by atoms with Crippen LogP contribution in [0, 0.1) is 6.92 Å². The molecule has 1 N–H and O–H groups in total. The number of fused-ring (bicyclic) bond motifs is 1. The predicted molar refractivity (Wildman–Crippen MR) is 53.4 cm³/mol. The highest BCUT2D eigenvalue weighted by molar-refractivity contribution is 6.16. The lowest BCUT2D eigenvalue weighted by Crippen LogP contribution is -2.13. The molecule has 0 saturated heterocycles. The summed E-state index contributed by atoms with van der Waals surface area (Å²) in [5, 5.41) is 4.12. The number of halogens is 1. The molecule has 0 atom stereocenters. The van der Waals surface area contributed by atoms with Crippen molar-refractivity contribution in [1.29, 1.82) is 0 Å². The van der Waals surface area contributed by atoms with Crippen LogP contribution in [-0.4, -0.2) is 19.7 Å². The van der Waals surface area contributed by atoms with Gasteiger partial charge in [-0.2, -0.15) is 5.10 Å². The van der Waals surface area contributed by atoms with Gasteiger partial charge in [-0.15, -0.1) is 11.6 Å². The Balaban J connectivity index is 2.93. The van der Waals surface area contributed by atoms with Gasteiger partial charge in [0.05, 0.1) is 11.6 Å². The summed E-state index contributed by atoms with van der Waals surface area (Å²) in [7, 11) is 1.71. The van der Waals surface area contributed by atoms with Crippen LogP contribution in [-0.2, 0) is 12.9 Å². The molecule has 2 aromatic rings. The third-order valence-corrected chi connectivity index (χ3v) is 2.29. The van der Waals surface area contributed by atoms with E-state index in [4.69, 9.17) is 11.6 Å². The molecule has 0 aliphatic rings. The second-order valence-electron chi connectivity index (χ2n) is 3.05. The number of nitrogens with one attached hydrogen (secondary N) is 1. The number of hydrogen-bond donors (Lipinski definition) is 1. The fourth-order valence-electron chi connectivity index (χ4n) is 1.45. The lowest BCUT2D eigenvalue weighted by Gasteiger charge is -1.95. The zero-order valence-corrected chi connectivity index (χ0v) is 8.59. The Morgan fingerprint density at radius 2 is 2.29 bits per heavy atom. The summed E-state index contributed by atoms with van der Waals surface area (Å²) in [6.07, 6.45) is 0. The highest BCUT2D eigenvalue weighted by Gasteiger charge is 2.11. The quantitative estimate of drug-likeness (QED) is 0.708. The minimum atomic E-state index is -0.200. The summed E-state index contributed by atoms with van der Waals surface area (Å²) in [4.78, 5) is 18.4. The van der Waals surface area contributed by atoms with Crippen LogP contribution in [0.4, 0.5) is 0 Å². The van der Waals surface area contributed by atoms with Crippen LogP contribution >= 0.6 is 11.6 Å². The molecule has 14 heavy (non-hydrogen) atoms. The fraction of sp³-hybridized carbons (Fsp3) is 0.375. The van der Waals surface area contributed by atoms with E-state index in [2.05, 4.69) is 15.1 Å². The van der Waals surface area contributed by atoms with E-state index in [1.165, 1.54) is 4.68 Å². The topological polar surface area (TPSA) is 63.6 Å². The molecule has 0 aliphatic heterocycles. The van der Waals surface area contributed by atoms with Gasteiger partial charge in [0.25, 0.3) is 5.56 Å². The molecule has 74 valence electrons. The van der Waals surface area contributed by atoms with Gasteiger partial charge in [-0.05, 0) is 6.92 Å². The molecule has 2 heterocycles.